The molecule has 0 bridgehead atoms. The molecule has 16 heavy (non-hydrogen) atoms. The number of halogens is 1. The fourth-order valence-electron chi connectivity index (χ4n) is 1.59. The van der Waals surface area contributed by atoms with E-state index in [-0.39, 0.29) is 8.68 Å². The van der Waals surface area contributed by atoms with Crippen molar-refractivity contribution in [1.29, 1.82) is 0 Å². The summed E-state index contributed by atoms with van der Waals surface area (Å²) >= 11 is 6.63. The Labute approximate surface area is 104 Å². The van der Waals surface area contributed by atoms with Crippen LogP contribution in [0.25, 0.3) is 0 Å². The molecule has 0 N–H and O–H groups in total. The lowest BCUT2D eigenvalue weighted by atomic mass is 10.3. The molecule has 0 radical (unpaired) electrons. The number of rotatable bonds is 4. The van der Waals surface area contributed by atoms with Crippen molar-refractivity contribution >= 4 is 33.0 Å². The van der Waals surface area contributed by atoms with Gasteiger partial charge in [-0.25, -0.2) is 13.4 Å². The van der Waals surface area contributed by atoms with Gasteiger partial charge in [-0.15, -0.1) is 0 Å². The zero-order valence-electron chi connectivity index (χ0n) is 9.05. The third-order valence-electron chi connectivity index (χ3n) is 2.89. The molecule has 1 aromatic rings. The molecule has 0 aromatic carbocycles. The molecular formula is C9H13ClN2O2S2. The molecule has 0 aliphatic heterocycles. The van der Waals surface area contributed by atoms with Crippen LogP contribution in [0.2, 0.25) is 4.47 Å². The van der Waals surface area contributed by atoms with Crippen LogP contribution in [0.5, 0.6) is 0 Å². The maximum absolute atomic E-state index is 12.1. The van der Waals surface area contributed by atoms with Crippen LogP contribution in [-0.4, -0.2) is 31.3 Å². The molecule has 1 saturated carbocycles. The lowest BCUT2D eigenvalue weighted by Crippen LogP contribution is -2.28. The van der Waals surface area contributed by atoms with Crippen molar-refractivity contribution in [2.24, 2.45) is 11.8 Å². The lowest BCUT2D eigenvalue weighted by Gasteiger charge is -2.15. The van der Waals surface area contributed by atoms with Crippen LogP contribution < -0.4 is 0 Å². The zero-order valence-corrected chi connectivity index (χ0v) is 11.4. The number of hydrogen-bond acceptors (Lipinski definition) is 4. The predicted octanol–water partition coefficient (Wildman–Crippen LogP) is 2.07. The molecule has 2 rings (SSSR count). The van der Waals surface area contributed by atoms with E-state index in [1.165, 1.54) is 10.5 Å². The van der Waals surface area contributed by atoms with Crippen LogP contribution in [0.3, 0.4) is 0 Å². The number of aromatic nitrogens is 1. The fourth-order valence-corrected chi connectivity index (χ4v) is 4.33. The van der Waals surface area contributed by atoms with Gasteiger partial charge >= 0.3 is 0 Å². The first-order valence-corrected chi connectivity index (χ1v) is 7.62. The molecule has 1 aliphatic carbocycles. The maximum atomic E-state index is 12.1. The van der Waals surface area contributed by atoms with Gasteiger partial charge < -0.3 is 0 Å². The van der Waals surface area contributed by atoms with Crippen LogP contribution in [0.4, 0.5) is 0 Å². The molecule has 1 heterocycles. The van der Waals surface area contributed by atoms with Crippen molar-refractivity contribution in [1.82, 2.24) is 9.29 Å². The molecule has 90 valence electrons. The molecular weight excluding hydrogens is 268 g/mol. The largest absolute Gasteiger partial charge is 0.253 e. The average molecular weight is 281 g/mol. The Morgan fingerprint density at radius 2 is 2.31 bits per heavy atom. The summed E-state index contributed by atoms with van der Waals surface area (Å²) in [4.78, 5) is 3.75. The molecule has 1 fully saturated rings. The zero-order chi connectivity index (χ0) is 11.9. The highest BCUT2D eigenvalue weighted by atomic mass is 35.5. The van der Waals surface area contributed by atoms with Gasteiger partial charge in [0.1, 0.15) is 0 Å². The molecule has 2 unspecified atom stereocenters. The first-order valence-electron chi connectivity index (χ1n) is 4.99. The van der Waals surface area contributed by atoms with Crippen LogP contribution in [-0.2, 0) is 10.0 Å². The van der Waals surface area contributed by atoms with E-state index in [2.05, 4.69) is 11.9 Å². The van der Waals surface area contributed by atoms with Crippen molar-refractivity contribution in [3.05, 3.63) is 10.7 Å². The van der Waals surface area contributed by atoms with E-state index in [4.69, 9.17) is 11.6 Å². The second kappa shape index (κ2) is 4.25. The molecule has 1 aliphatic rings. The summed E-state index contributed by atoms with van der Waals surface area (Å²) in [7, 11) is -1.79. The van der Waals surface area contributed by atoms with Crippen LogP contribution in [0, 0.1) is 11.8 Å². The smallest absolute Gasteiger partial charge is 0.232 e. The molecule has 1 aromatic heterocycles. The second-order valence-electron chi connectivity index (χ2n) is 4.19. The lowest BCUT2D eigenvalue weighted by molar-refractivity contribution is 0.446. The minimum absolute atomic E-state index is 0.216. The van der Waals surface area contributed by atoms with Gasteiger partial charge in [0.25, 0.3) is 10.0 Å². The summed E-state index contributed by atoms with van der Waals surface area (Å²) in [6.07, 6.45) is 2.43. The van der Waals surface area contributed by atoms with Crippen molar-refractivity contribution in [2.75, 3.05) is 13.6 Å². The summed E-state index contributed by atoms with van der Waals surface area (Å²) in [6.45, 7) is 2.72. The Bertz CT molecular complexity index is 485. The van der Waals surface area contributed by atoms with E-state index in [0.29, 0.717) is 18.4 Å². The molecule has 7 heteroatoms. The minimum Gasteiger partial charge on any atom is -0.232 e. The molecule has 0 saturated heterocycles. The average Bonchev–Trinajstić information content (AvgIpc) is 2.72. The SMILES string of the molecule is CC1CC1CN(C)S(=O)(=O)c1cnc(Cl)s1. The second-order valence-corrected chi connectivity index (χ2v) is 8.08. The molecule has 2 atom stereocenters. The van der Waals surface area contributed by atoms with Gasteiger partial charge in [-0.05, 0) is 18.3 Å². The Morgan fingerprint density at radius 3 is 2.75 bits per heavy atom. The van der Waals surface area contributed by atoms with Gasteiger partial charge in [-0.3, -0.25) is 0 Å². The molecule has 0 spiro atoms. The monoisotopic (exact) mass is 280 g/mol. The van der Waals surface area contributed by atoms with Crippen molar-refractivity contribution in [3.8, 4) is 0 Å². The van der Waals surface area contributed by atoms with Crippen molar-refractivity contribution < 1.29 is 8.42 Å². The predicted molar refractivity (Wildman–Crippen MR) is 64.2 cm³/mol. The van der Waals surface area contributed by atoms with Gasteiger partial charge in [0.2, 0.25) is 0 Å². The van der Waals surface area contributed by atoms with E-state index in [9.17, 15) is 8.42 Å². The molecule has 4 nitrogen and oxygen atoms in total. The topological polar surface area (TPSA) is 50.3 Å². The van der Waals surface area contributed by atoms with Gasteiger partial charge in [0.15, 0.2) is 8.68 Å². The normalized spacial score (nSPS) is 25.0. The van der Waals surface area contributed by atoms with Gasteiger partial charge in [-0.2, -0.15) is 4.31 Å². The maximum Gasteiger partial charge on any atom is 0.253 e. The van der Waals surface area contributed by atoms with E-state index in [1.54, 1.807) is 7.05 Å². The number of sulfonamides is 1. The summed E-state index contributed by atoms with van der Waals surface area (Å²) < 4.78 is 26.0. The first kappa shape index (κ1) is 12.3. The summed E-state index contributed by atoms with van der Waals surface area (Å²) in [5, 5.41) is 0. The van der Waals surface area contributed by atoms with E-state index in [1.807, 2.05) is 0 Å². The highest BCUT2D eigenvalue weighted by Crippen LogP contribution is 2.39. The minimum atomic E-state index is -3.39. The van der Waals surface area contributed by atoms with E-state index in [0.717, 1.165) is 17.8 Å². The number of hydrogen-bond donors (Lipinski definition) is 0. The molecule has 0 amide bonds. The standard InChI is InChI=1S/C9H13ClN2O2S2/c1-6-3-7(6)5-12(2)16(13,14)8-4-11-9(10)15-8/h4,6-7H,3,5H2,1-2H3. The van der Waals surface area contributed by atoms with Gasteiger partial charge in [0, 0.05) is 13.6 Å². The summed E-state index contributed by atoms with van der Waals surface area (Å²) in [5.74, 6) is 1.14. The third-order valence-corrected chi connectivity index (χ3v) is 6.26. The summed E-state index contributed by atoms with van der Waals surface area (Å²) in [6, 6.07) is 0. The van der Waals surface area contributed by atoms with Crippen LogP contribution >= 0.6 is 22.9 Å². The number of nitrogens with zero attached hydrogens (tertiary/aromatic N) is 2. The van der Waals surface area contributed by atoms with Gasteiger partial charge in [-0.1, -0.05) is 29.9 Å². The van der Waals surface area contributed by atoms with Crippen molar-refractivity contribution in [3.63, 3.8) is 0 Å². The first-order chi connectivity index (χ1) is 7.41. The van der Waals surface area contributed by atoms with Crippen molar-refractivity contribution in [2.45, 2.75) is 17.6 Å². The fraction of sp³-hybridized carbons (Fsp3) is 0.667. The quantitative estimate of drug-likeness (QED) is 0.848. The van der Waals surface area contributed by atoms with Crippen LogP contribution in [0.1, 0.15) is 13.3 Å². The Morgan fingerprint density at radius 1 is 1.69 bits per heavy atom. The van der Waals surface area contributed by atoms with Gasteiger partial charge in [0.05, 0.1) is 6.20 Å². The Kier molecular flexibility index (Phi) is 3.27. The van der Waals surface area contributed by atoms with Crippen LogP contribution in [0.15, 0.2) is 10.4 Å². The van der Waals surface area contributed by atoms with E-state index >= 15 is 0 Å². The number of thiazole rings is 1. The highest BCUT2D eigenvalue weighted by Gasteiger charge is 2.36. The summed E-state index contributed by atoms with van der Waals surface area (Å²) in [5.41, 5.74) is 0. The Hall–Kier alpha value is -0.170. The third kappa shape index (κ3) is 2.40. The highest BCUT2D eigenvalue weighted by molar-refractivity contribution is 7.91. The van der Waals surface area contributed by atoms with E-state index < -0.39 is 10.0 Å². The Balaban J connectivity index is 2.12.